The van der Waals surface area contributed by atoms with Gasteiger partial charge in [0.25, 0.3) is 0 Å². The second-order valence-electron chi connectivity index (χ2n) is 5.45. The number of hydrogen-bond donors (Lipinski definition) is 1. The molecule has 0 bridgehead atoms. The smallest absolute Gasteiger partial charge is 0.246 e. The minimum Gasteiger partial charge on any atom is -0.342 e. The molecule has 0 aliphatic carbocycles. The molecule has 2 amide bonds. The zero-order valence-corrected chi connectivity index (χ0v) is 14.1. The van der Waals surface area contributed by atoms with E-state index in [1.165, 1.54) is 0 Å². The summed E-state index contributed by atoms with van der Waals surface area (Å²) >= 11 is 3.34. The molecule has 1 N–H and O–H groups in total. The number of nitrogens with zero attached hydrogens (tertiary/aromatic N) is 2. The van der Waals surface area contributed by atoms with Crippen molar-refractivity contribution < 1.29 is 9.59 Å². The molecule has 0 radical (unpaired) electrons. The van der Waals surface area contributed by atoms with E-state index in [9.17, 15) is 9.59 Å². The number of piperazine rings is 1. The number of pyridine rings is 1. The second-order valence-corrected chi connectivity index (χ2v) is 6.37. The van der Waals surface area contributed by atoms with Gasteiger partial charge in [-0.2, -0.15) is 0 Å². The summed E-state index contributed by atoms with van der Waals surface area (Å²) in [4.78, 5) is 31.0. The van der Waals surface area contributed by atoms with E-state index in [1.54, 1.807) is 11.1 Å². The van der Waals surface area contributed by atoms with Gasteiger partial charge in [0, 0.05) is 10.7 Å². The molecule has 0 spiro atoms. The minimum atomic E-state index is -0.822. The Kier molecular flexibility index (Phi) is 4.66. The number of hydrogen-bond acceptors (Lipinski definition) is 3. The van der Waals surface area contributed by atoms with Crippen molar-refractivity contribution in [2.45, 2.75) is 51.7 Å². The van der Waals surface area contributed by atoms with Crippen LogP contribution in [0.1, 0.15) is 39.3 Å². The predicted octanol–water partition coefficient (Wildman–Crippen LogP) is 2.25. The van der Waals surface area contributed by atoms with E-state index < -0.39 is 11.6 Å². The van der Waals surface area contributed by atoms with Gasteiger partial charge < -0.3 is 10.2 Å². The highest BCUT2D eigenvalue weighted by Crippen LogP contribution is 2.27. The highest BCUT2D eigenvalue weighted by molar-refractivity contribution is 9.10. The molecule has 1 fully saturated rings. The lowest BCUT2D eigenvalue weighted by Crippen LogP contribution is -2.68. The second kappa shape index (κ2) is 6.13. The average Bonchev–Trinajstić information content (AvgIpc) is 2.49. The molecule has 6 heteroatoms. The van der Waals surface area contributed by atoms with Crippen LogP contribution in [-0.4, -0.2) is 33.3 Å². The number of nitrogens with one attached hydrogen (secondary N) is 1. The molecule has 1 aliphatic heterocycles. The van der Waals surface area contributed by atoms with Gasteiger partial charge in [-0.15, -0.1) is 0 Å². The molecule has 0 aromatic carbocycles. The molecule has 1 aromatic heterocycles. The molecule has 1 aromatic rings. The van der Waals surface area contributed by atoms with E-state index in [4.69, 9.17) is 0 Å². The van der Waals surface area contributed by atoms with Crippen LogP contribution in [0.5, 0.6) is 0 Å². The van der Waals surface area contributed by atoms with Crippen LogP contribution in [0.2, 0.25) is 0 Å². The lowest BCUT2D eigenvalue weighted by molar-refractivity contribution is -0.157. The topological polar surface area (TPSA) is 62.3 Å². The van der Waals surface area contributed by atoms with Crippen LogP contribution in [0.3, 0.4) is 0 Å². The first-order valence-corrected chi connectivity index (χ1v) is 7.94. The van der Waals surface area contributed by atoms with Gasteiger partial charge in [-0.3, -0.25) is 14.6 Å². The van der Waals surface area contributed by atoms with Gasteiger partial charge in [0.2, 0.25) is 11.8 Å². The number of rotatable bonds is 4. The number of amides is 2. The molecule has 2 heterocycles. The molecule has 114 valence electrons. The van der Waals surface area contributed by atoms with E-state index in [1.807, 2.05) is 32.9 Å². The van der Waals surface area contributed by atoms with Crippen LogP contribution in [0, 0.1) is 0 Å². The maximum Gasteiger partial charge on any atom is 0.246 e. The van der Waals surface area contributed by atoms with Gasteiger partial charge in [-0.25, -0.2) is 0 Å². The van der Waals surface area contributed by atoms with Crippen molar-refractivity contribution >= 4 is 27.7 Å². The summed E-state index contributed by atoms with van der Waals surface area (Å²) in [5, 5.41) is 2.82. The Labute approximate surface area is 133 Å². The van der Waals surface area contributed by atoms with E-state index in [-0.39, 0.29) is 11.8 Å². The monoisotopic (exact) mass is 353 g/mol. The fourth-order valence-corrected chi connectivity index (χ4v) is 2.71. The van der Waals surface area contributed by atoms with Crippen molar-refractivity contribution in [3.05, 3.63) is 28.5 Å². The molecule has 21 heavy (non-hydrogen) atoms. The van der Waals surface area contributed by atoms with Crippen LogP contribution in [0.15, 0.2) is 22.8 Å². The lowest BCUT2D eigenvalue weighted by atomic mass is 9.90. The van der Waals surface area contributed by atoms with E-state index in [2.05, 4.69) is 26.2 Å². The zero-order valence-electron chi connectivity index (χ0n) is 12.5. The molecular formula is C15H20BrN3O2. The first kappa shape index (κ1) is 15.9. The Morgan fingerprint density at radius 2 is 2.10 bits per heavy atom. The normalized spacial score (nSPS) is 25.9. The lowest BCUT2D eigenvalue weighted by Gasteiger charge is -2.45. The third kappa shape index (κ3) is 2.95. The minimum absolute atomic E-state index is 0.0360. The summed E-state index contributed by atoms with van der Waals surface area (Å²) in [7, 11) is 0. The molecule has 2 rings (SSSR count). The number of carbonyl (C=O) groups is 2. The van der Waals surface area contributed by atoms with E-state index in [0.29, 0.717) is 19.4 Å². The summed E-state index contributed by atoms with van der Waals surface area (Å²) in [5.74, 6) is -0.125. The van der Waals surface area contributed by atoms with Crippen LogP contribution in [0.25, 0.3) is 0 Å². The van der Waals surface area contributed by atoms with Gasteiger partial charge in [-0.05, 0) is 47.8 Å². The Balaban J connectivity index is 2.32. The van der Waals surface area contributed by atoms with Crippen LogP contribution in [0.4, 0.5) is 0 Å². The largest absolute Gasteiger partial charge is 0.342 e. The molecule has 0 saturated carbocycles. The third-order valence-electron chi connectivity index (χ3n) is 4.16. The van der Waals surface area contributed by atoms with Gasteiger partial charge in [0.1, 0.15) is 11.6 Å². The van der Waals surface area contributed by atoms with Gasteiger partial charge >= 0.3 is 0 Å². The van der Waals surface area contributed by atoms with Crippen molar-refractivity contribution in [3.8, 4) is 0 Å². The molecular weight excluding hydrogens is 334 g/mol. The number of carbonyl (C=O) groups excluding carboxylic acids is 2. The average molecular weight is 354 g/mol. The van der Waals surface area contributed by atoms with E-state index in [0.717, 1.165) is 10.2 Å². The highest BCUT2D eigenvalue weighted by atomic mass is 79.9. The first-order chi connectivity index (χ1) is 9.92. The maximum atomic E-state index is 12.6. The van der Waals surface area contributed by atoms with Crippen LogP contribution < -0.4 is 5.32 Å². The predicted molar refractivity (Wildman–Crippen MR) is 83.4 cm³/mol. The summed E-state index contributed by atoms with van der Waals surface area (Å²) in [6.07, 6.45) is 2.86. The van der Waals surface area contributed by atoms with E-state index >= 15 is 0 Å². The van der Waals surface area contributed by atoms with Crippen molar-refractivity contribution in [3.63, 3.8) is 0 Å². The zero-order chi connectivity index (χ0) is 15.6. The van der Waals surface area contributed by atoms with Crippen molar-refractivity contribution in [1.82, 2.24) is 15.2 Å². The van der Waals surface area contributed by atoms with Crippen LogP contribution in [-0.2, 0) is 16.1 Å². The standard InChI is InChI=1S/C15H20BrN3O2/c1-4-12-13(20)19(15(3,5-2)14(21)18-12)9-11-7-6-10(16)8-17-11/h6-8,12H,4-5,9H2,1-3H3,(H,18,21). The fourth-order valence-electron chi connectivity index (χ4n) is 2.47. The van der Waals surface area contributed by atoms with Gasteiger partial charge in [-0.1, -0.05) is 13.8 Å². The highest BCUT2D eigenvalue weighted by Gasteiger charge is 2.47. The Morgan fingerprint density at radius 3 is 2.62 bits per heavy atom. The quantitative estimate of drug-likeness (QED) is 0.902. The SMILES string of the molecule is CCC1NC(=O)C(C)(CC)N(Cc2ccc(Br)cn2)C1=O. The Hall–Kier alpha value is -1.43. The van der Waals surface area contributed by atoms with Gasteiger partial charge in [0.15, 0.2) is 0 Å². The number of aromatic nitrogens is 1. The fraction of sp³-hybridized carbons (Fsp3) is 0.533. The molecule has 1 aliphatic rings. The van der Waals surface area contributed by atoms with Gasteiger partial charge in [0.05, 0.1) is 12.2 Å². The summed E-state index contributed by atoms with van der Waals surface area (Å²) in [5.41, 5.74) is -0.0480. The third-order valence-corrected chi connectivity index (χ3v) is 4.63. The first-order valence-electron chi connectivity index (χ1n) is 7.15. The molecule has 5 nitrogen and oxygen atoms in total. The summed E-state index contributed by atoms with van der Waals surface area (Å²) < 4.78 is 0.888. The van der Waals surface area contributed by atoms with Crippen molar-refractivity contribution in [2.24, 2.45) is 0 Å². The van der Waals surface area contributed by atoms with Crippen molar-refractivity contribution in [2.75, 3.05) is 0 Å². The van der Waals surface area contributed by atoms with Crippen LogP contribution >= 0.6 is 15.9 Å². The molecule has 2 unspecified atom stereocenters. The maximum absolute atomic E-state index is 12.6. The summed E-state index contributed by atoms with van der Waals surface area (Å²) in [6.45, 7) is 5.97. The number of halogens is 1. The molecule has 1 saturated heterocycles. The Morgan fingerprint density at radius 1 is 1.38 bits per heavy atom. The Bertz CT molecular complexity index is 546. The summed E-state index contributed by atoms with van der Waals surface area (Å²) in [6, 6.07) is 3.31. The van der Waals surface area contributed by atoms with Crippen molar-refractivity contribution in [1.29, 1.82) is 0 Å². The molecule has 2 atom stereocenters.